The molecule has 0 bridgehead atoms. The predicted molar refractivity (Wildman–Crippen MR) is 89.0 cm³/mol. The number of urea groups is 1. The first-order valence-corrected chi connectivity index (χ1v) is 8.85. The molecule has 0 aromatic heterocycles. The van der Waals surface area contributed by atoms with Crippen molar-refractivity contribution in [3.05, 3.63) is 29.6 Å². The van der Waals surface area contributed by atoms with Gasteiger partial charge in [0.2, 0.25) is 10.0 Å². The Labute approximate surface area is 150 Å². The van der Waals surface area contributed by atoms with Gasteiger partial charge in [-0.05, 0) is 24.1 Å². The van der Waals surface area contributed by atoms with Gasteiger partial charge in [0.25, 0.3) is 5.91 Å². The smallest absolute Gasteiger partial charge is 0.341 e. The Morgan fingerprint density at radius 2 is 1.81 bits per heavy atom. The number of carbonyl (C=O) groups excluding carboxylic acids is 3. The summed E-state index contributed by atoms with van der Waals surface area (Å²) in [4.78, 5) is 34.6. The van der Waals surface area contributed by atoms with Gasteiger partial charge in [-0.25, -0.2) is 26.7 Å². The number of nitrogens with zero attached hydrogens (tertiary/aromatic N) is 1. The van der Waals surface area contributed by atoms with Crippen LogP contribution in [0.2, 0.25) is 0 Å². The van der Waals surface area contributed by atoms with Gasteiger partial charge in [0.1, 0.15) is 5.82 Å². The SMILES string of the molecule is CC(C)[C@H](OC(=O)c1cc(S(=O)(=O)N(C)C)ccc1F)C(=O)NC(N)=O. The molecule has 0 saturated carbocycles. The van der Waals surface area contributed by atoms with Crippen LogP contribution in [0, 0.1) is 11.7 Å². The quantitative estimate of drug-likeness (QED) is 0.678. The van der Waals surface area contributed by atoms with E-state index in [0.717, 1.165) is 22.5 Å². The molecule has 3 amide bonds. The summed E-state index contributed by atoms with van der Waals surface area (Å²) in [7, 11) is -1.35. The number of ether oxygens (including phenoxy) is 1. The number of halogens is 1. The van der Waals surface area contributed by atoms with Gasteiger partial charge < -0.3 is 10.5 Å². The van der Waals surface area contributed by atoms with E-state index in [9.17, 15) is 27.2 Å². The van der Waals surface area contributed by atoms with Crippen LogP contribution in [0.1, 0.15) is 24.2 Å². The Bertz CT molecular complexity index is 823. The Morgan fingerprint density at radius 3 is 2.27 bits per heavy atom. The average Bonchev–Trinajstić information content (AvgIpc) is 2.51. The van der Waals surface area contributed by atoms with Crippen molar-refractivity contribution in [3.8, 4) is 0 Å². The Balaban J connectivity index is 3.20. The number of rotatable bonds is 6. The minimum atomic E-state index is -3.91. The van der Waals surface area contributed by atoms with Crippen LogP contribution < -0.4 is 11.1 Å². The molecule has 0 aliphatic heterocycles. The molecule has 1 atom stereocenters. The normalized spacial score (nSPS) is 12.7. The summed E-state index contributed by atoms with van der Waals surface area (Å²) in [5, 5.41) is 1.77. The van der Waals surface area contributed by atoms with Crippen LogP contribution in [-0.4, -0.2) is 50.8 Å². The molecule has 1 aromatic carbocycles. The van der Waals surface area contributed by atoms with Crippen molar-refractivity contribution in [1.82, 2.24) is 9.62 Å². The van der Waals surface area contributed by atoms with Crippen LogP contribution in [-0.2, 0) is 19.6 Å². The number of nitrogens with one attached hydrogen (secondary N) is 1. The summed E-state index contributed by atoms with van der Waals surface area (Å²) < 4.78 is 44.1. The number of hydrogen-bond acceptors (Lipinski definition) is 6. The molecule has 0 spiro atoms. The maximum Gasteiger partial charge on any atom is 0.341 e. The Hall–Kier alpha value is -2.53. The molecule has 0 aliphatic rings. The van der Waals surface area contributed by atoms with E-state index in [1.807, 2.05) is 0 Å². The minimum absolute atomic E-state index is 0.321. The van der Waals surface area contributed by atoms with E-state index >= 15 is 0 Å². The molecule has 26 heavy (non-hydrogen) atoms. The van der Waals surface area contributed by atoms with Crippen molar-refractivity contribution in [2.45, 2.75) is 24.8 Å². The van der Waals surface area contributed by atoms with Crippen molar-refractivity contribution in [1.29, 1.82) is 0 Å². The largest absolute Gasteiger partial charge is 0.448 e. The molecular formula is C15H20FN3O6S. The summed E-state index contributed by atoms with van der Waals surface area (Å²) >= 11 is 0. The number of benzene rings is 1. The van der Waals surface area contributed by atoms with Crippen LogP contribution in [0.3, 0.4) is 0 Å². The molecule has 3 N–H and O–H groups in total. The van der Waals surface area contributed by atoms with Crippen molar-refractivity contribution < 1.29 is 31.9 Å². The van der Waals surface area contributed by atoms with Crippen molar-refractivity contribution in [2.75, 3.05) is 14.1 Å². The highest BCUT2D eigenvalue weighted by molar-refractivity contribution is 7.89. The zero-order valence-electron chi connectivity index (χ0n) is 14.6. The topological polar surface area (TPSA) is 136 Å². The van der Waals surface area contributed by atoms with E-state index in [2.05, 4.69) is 0 Å². The zero-order chi connectivity index (χ0) is 20.2. The second kappa shape index (κ2) is 8.23. The molecule has 0 radical (unpaired) electrons. The van der Waals surface area contributed by atoms with Gasteiger partial charge in [0.15, 0.2) is 6.10 Å². The van der Waals surface area contributed by atoms with E-state index < -0.39 is 51.3 Å². The van der Waals surface area contributed by atoms with Crippen LogP contribution >= 0.6 is 0 Å². The standard InChI is InChI=1S/C15H20FN3O6S/c1-8(2)12(13(20)18-15(17)22)25-14(21)10-7-9(5-6-11(10)16)26(23,24)19(3)4/h5-8,12H,1-4H3,(H3,17,18,20,22)/t12-/m0/s1. The first-order chi connectivity index (χ1) is 11.9. The minimum Gasteiger partial charge on any atom is -0.448 e. The van der Waals surface area contributed by atoms with E-state index in [0.29, 0.717) is 0 Å². The van der Waals surface area contributed by atoms with Crippen LogP contribution in [0.25, 0.3) is 0 Å². The number of hydrogen-bond donors (Lipinski definition) is 2. The van der Waals surface area contributed by atoms with Crippen LogP contribution in [0.5, 0.6) is 0 Å². The number of primary amides is 1. The summed E-state index contributed by atoms with van der Waals surface area (Å²) in [6, 6.07) is 1.49. The highest BCUT2D eigenvalue weighted by Gasteiger charge is 2.30. The lowest BCUT2D eigenvalue weighted by molar-refractivity contribution is -0.130. The maximum absolute atomic E-state index is 14.0. The molecule has 0 aliphatic carbocycles. The number of nitrogens with two attached hydrogens (primary N) is 1. The summed E-state index contributed by atoms with van der Waals surface area (Å²) in [5.74, 6) is -3.81. The van der Waals surface area contributed by atoms with Crippen LogP contribution in [0.15, 0.2) is 23.1 Å². The number of carbonyl (C=O) groups is 3. The first-order valence-electron chi connectivity index (χ1n) is 7.41. The number of esters is 1. The third-order valence-corrected chi connectivity index (χ3v) is 5.09. The van der Waals surface area contributed by atoms with E-state index in [-0.39, 0.29) is 4.90 Å². The van der Waals surface area contributed by atoms with E-state index in [1.165, 1.54) is 27.9 Å². The number of sulfonamides is 1. The third kappa shape index (κ3) is 4.99. The third-order valence-electron chi connectivity index (χ3n) is 3.28. The fourth-order valence-corrected chi connectivity index (χ4v) is 2.82. The van der Waals surface area contributed by atoms with Gasteiger partial charge >= 0.3 is 12.0 Å². The highest BCUT2D eigenvalue weighted by Crippen LogP contribution is 2.20. The van der Waals surface area contributed by atoms with Crippen molar-refractivity contribution in [3.63, 3.8) is 0 Å². The lowest BCUT2D eigenvalue weighted by Crippen LogP contribution is -2.45. The molecule has 144 valence electrons. The van der Waals surface area contributed by atoms with Gasteiger partial charge in [0.05, 0.1) is 10.5 Å². The first kappa shape index (κ1) is 21.5. The second-order valence-corrected chi connectivity index (χ2v) is 8.00. The van der Waals surface area contributed by atoms with Gasteiger partial charge in [0, 0.05) is 14.1 Å². The molecule has 0 heterocycles. The summed E-state index contributed by atoms with van der Waals surface area (Å²) in [6.45, 7) is 3.06. The summed E-state index contributed by atoms with van der Waals surface area (Å²) in [5.41, 5.74) is 4.19. The highest BCUT2D eigenvalue weighted by atomic mass is 32.2. The predicted octanol–water partition coefficient (Wildman–Crippen LogP) is 0.452. The van der Waals surface area contributed by atoms with E-state index in [4.69, 9.17) is 10.5 Å². The zero-order valence-corrected chi connectivity index (χ0v) is 15.5. The summed E-state index contributed by atoms with van der Waals surface area (Å²) in [6.07, 6.45) is -1.43. The van der Waals surface area contributed by atoms with Crippen molar-refractivity contribution in [2.24, 2.45) is 11.7 Å². The number of amides is 3. The lowest BCUT2D eigenvalue weighted by atomic mass is 10.1. The molecule has 0 saturated heterocycles. The number of imide groups is 1. The Kier molecular flexibility index (Phi) is 6.81. The maximum atomic E-state index is 14.0. The molecular weight excluding hydrogens is 369 g/mol. The fraction of sp³-hybridized carbons (Fsp3) is 0.400. The second-order valence-electron chi connectivity index (χ2n) is 5.85. The van der Waals surface area contributed by atoms with Gasteiger partial charge in [-0.2, -0.15) is 0 Å². The molecule has 0 unspecified atom stereocenters. The Morgan fingerprint density at radius 1 is 1.23 bits per heavy atom. The molecule has 9 nitrogen and oxygen atoms in total. The van der Waals surface area contributed by atoms with Gasteiger partial charge in [-0.3, -0.25) is 10.1 Å². The molecule has 1 aromatic rings. The lowest BCUT2D eigenvalue weighted by Gasteiger charge is -2.20. The average molecular weight is 389 g/mol. The van der Waals surface area contributed by atoms with Gasteiger partial charge in [-0.1, -0.05) is 13.8 Å². The van der Waals surface area contributed by atoms with Gasteiger partial charge in [-0.15, -0.1) is 0 Å². The monoisotopic (exact) mass is 389 g/mol. The fourth-order valence-electron chi connectivity index (χ4n) is 1.90. The van der Waals surface area contributed by atoms with Crippen LogP contribution in [0.4, 0.5) is 9.18 Å². The van der Waals surface area contributed by atoms with Crippen molar-refractivity contribution >= 4 is 27.9 Å². The molecule has 1 rings (SSSR count). The molecule has 0 fully saturated rings. The van der Waals surface area contributed by atoms with E-state index in [1.54, 1.807) is 5.32 Å². The molecule has 11 heteroatoms.